The van der Waals surface area contributed by atoms with Crippen molar-refractivity contribution < 1.29 is 5.11 Å². The van der Waals surface area contributed by atoms with Crippen LogP contribution >= 0.6 is 23.1 Å². The van der Waals surface area contributed by atoms with Crippen LogP contribution in [-0.4, -0.2) is 26.5 Å². The van der Waals surface area contributed by atoms with E-state index in [-0.39, 0.29) is 12.3 Å². The Labute approximate surface area is 112 Å². The third-order valence-electron chi connectivity index (χ3n) is 2.15. The molecule has 5 nitrogen and oxygen atoms in total. The zero-order valence-electron chi connectivity index (χ0n) is 9.64. The fraction of sp³-hybridized carbons (Fsp3) is 0.273. The van der Waals surface area contributed by atoms with Crippen molar-refractivity contribution in [1.29, 1.82) is 0 Å². The average Bonchev–Trinajstić information content (AvgIpc) is 2.94. The van der Waals surface area contributed by atoms with Crippen LogP contribution in [0, 0.1) is 11.8 Å². The predicted octanol–water partition coefficient (Wildman–Crippen LogP) is 0.806. The lowest BCUT2D eigenvalue weighted by atomic mass is 10.3. The molecule has 0 saturated heterocycles. The molecule has 0 radical (unpaired) electrons. The van der Waals surface area contributed by atoms with Gasteiger partial charge in [-0.3, -0.25) is 4.57 Å². The fourth-order valence-electron chi connectivity index (χ4n) is 1.26. The number of H-pyrrole nitrogens is 1. The second-order valence-electron chi connectivity index (χ2n) is 3.42. The molecule has 0 bridgehead atoms. The molecule has 94 valence electrons. The molecule has 0 aromatic carbocycles. The summed E-state index contributed by atoms with van der Waals surface area (Å²) in [4.78, 5) is 12.3. The van der Waals surface area contributed by atoms with Crippen LogP contribution in [0.1, 0.15) is 10.4 Å². The molecule has 7 heteroatoms. The van der Waals surface area contributed by atoms with Crippen molar-refractivity contribution in [3.63, 3.8) is 0 Å². The highest BCUT2D eigenvalue weighted by atomic mass is 32.2. The first-order valence-electron chi connectivity index (χ1n) is 5.12. The highest BCUT2D eigenvalue weighted by Crippen LogP contribution is 2.23. The highest BCUT2D eigenvalue weighted by Gasteiger charge is 2.06. The van der Waals surface area contributed by atoms with E-state index in [0.717, 1.165) is 16.2 Å². The van der Waals surface area contributed by atoms with Crippen LogP contribution < -0.4 is 5.69 Å². The Morgan fingerprint density at radius 1 is 1.67 bits per heavy atom. The van der Waals surface area contributed by atoms with E-state index in [2.05, 4.69) is 22.0 Å². The smallest absolute Gasteiger partial charge is 0.343 e. The van der Waals surface area contributed by atoms with Crippen molar-refractivity contribution >= 4 is 23.1 Å². The Kier molecular flexibility index (Phi) is 4.25. The molecule has 2 rings (SSSR count). The average molecular weight is 281 g/mol. The SMILES string of the molecule is Cn1c(SCc2cc(C#CCO)cs2)n[nH]c1=O. The summed E-state index contributed by atoms with van der Waals surface area (Å²) in [6.45, 7) is -0.130. The third kappa shape index (κ3) is 3.04. The van der Waals surface area contributed by atoms with Crippen LogP contribution in [0.5, 0.6) is 0 Å². The van der Waals surface area contributed by atoms with E-state index in [1.807, 2.05) is 11.4 Å². The first kappa shape index (κ1) is 13.0. The lowest BCUT2D eigenvalue weighted by Gasteiger charge is -1.96. The predicted molar refractivity (Wildman–Crippen MR) is 71.7 cm³/mol. The van der Waals surface area contributed by atoms with Gasteiger partial charge in [-0.15, -0.1) is 16.4 Å². The number of rotatable bonds is 3. The topological polar surface area (TPSA) is 70.9 Å². The van der Waals surface area contributed by atoms with Crippen LogP contribution in [0.25, 0.3) is 0 Å². The Hall–Kier alpha value is -1.49. The minimum atomic E-state index is -0.210. The summed E-state index contributed by atoms with van der Waals surface area (Å²) in [5.41, 5.74) is 0.693. The molecule has 18 heavy (non-hydrogen) atoms. The normalized spacial score (nSPS) is 10.1. The van der Waals surface area contributed by atoms with E-state index in [1.165, 1.54) is 16.3 Å². The molecule has 0 fully saturated rings. The lowest BCUT2D eigenvalue weighted by Crippen LogP contribution is -2.12. The van der Waals surface area contributed by atoms with E-state index >= 15 is 0 Å². The number of nitrogens with zero attached hydrogens (tertiary/aromatic N) is 2. The molecule has 2 heterocycles. The van der Waals surface area contributed by atoms with Gasteiger partial charge in [-0.2, -0.15) is 0 Å². The lowest BCUT2D eigenvalue weighted by molar-refractivity contribution is 0.350. The summed E-state index contributed by atoms with van der Waals surface area (Å²) in [5.74, 6) is 6.20. The number of aromatic amines is 1. The van der Waals surface area contributed by atoms with E-state index in [4.69, 9.17) is 5.11 Å². The monoisotopic (exact) mass is 281 g/mol. The van der Waals surface area contributed by atoms with E-state index in [0.29, 0.717) is 5.16 Å². The maximum Gasteiger partial charge on any atom is 0.343 e. The fourth-order valence-corrected chi connectivity index (χ4v) is 3.05. The van der Waals surface area contributed by atoms with Gasteiger partial charge in [-0.05, 0) is 6.07 Å². The van der Waals surface area contributed by atoms with Crippen LogP contribution in [0.4, 0.5) is 0 Å². The second kappa shape index (κ2) is 5.91. The summed E-state index contributed by atoms with van der Waals surface area (Å²) < 4.78 is 1.48. The first-order valence-corrected chi connectivity index (χ1v) is 6.98. The molecule has 0 atom stereocenters. The van der Waals surface area contributed by atoms with Gasteiger partial charge in [0.15, 0.2) is 5.16 Å². The van der Waals surface area contributed by atoms with Gasteiger partial charge in [-0.1, -0.05) is 23.6 Å². The van der Waals surface area contributed by atoms with Crippen molar-refractivity contribution in [2.45, 2.75) is 10.9 Å². The quantitative estimate of drug-likeness (QED) is 0.645. The molecule has 0 spiro atoms. The largest absolute Gasteiger partial charge is 0.384 e. The maximum atomic E-state index is 11.2. The van der Waals surface area contributed by atoms with E-state index in [9.17, 15) is 4.79 Å². The van der Waals surface area contributed by atoms with E-state index < -0.39 is 0 Å². The second-order valence-corrected chi connectivity index (χ2v) is 5.36. The summed E-state index contributed by atoms with van der Waals surface area (Å²) >= 11 is 3.09. The third-order valence-corrected chi connectivity index (χ3v) is 4.35. The minimum absolute atomic E-state index is 0.130. The van der Waals surface area contributed by atoms with Gasteiger partial charge >= 0.3 is 5.69 Å². The summed E-state index contributed by atoms with van der Waals surface area (Å²) in [6, 6.07) is 1.98. The van der Waals surface area contributed by atoms with Crippen molar-refractivity contribution in [2.24, 2.45) is 7.05 Å². The van der Waals surface area contributed by atoms with E-state index in [1.54, 1.807) is 18.4 Å². The number of aromatic nitrogens is 3. The summed E-state index contributed by atoms with van der Waals surface area (Å²) in [5, 5.41) is 17.5. The molecule has 2 aromatic rings. The Morgan fingerprint density at radius 2 is 2.50 bits per heavy atom. The van der Waals surface area contributed by atoms with Gasteiger partial charge in [0.1, 0.15) is 6.61 Å². The Bertz CT molecular complexity index is 645. The number of hydrogen-bond donors (Lipinski definition) is 2. The molecule has 0 saturated carbocycles. The number of hydrogen-bond acceptors (Lipinski definition) is 5. The number of aliphatic hydroxyl groups excluding tert-OH is 1. The molecule has 0 aliphatic carbocycles. The zero-order chi connectivity index (χ0) is 13.0. The molecule has 2 N–H and O–H groups in total. The standard InChI is InChI=1S/C11H11N3O2S2/c1-14-10(16)12-13-11(14)18-7-9-5-8(6-17-9)3-2-4-15/h5-6,15H,4,7H2,1H3,(H,12,16). The number of nitrogens with one attached hydrogen (secondary N) is 1. The number of thiophene rings is 1. The van der Waals surface area contributed by atoms with Gasteiger partial charge in [0.2, 0.25) is 0 Å². The molecule has 0 amide bonds. The van der Waals surface area contributed by atoms with Gasteiger partial charge in [0.05, 0.1) is 0 Å². The minimum Gasteiger partial charge on any atom is -0.384 e. The zero-order valence-corrected chi connectivity index (χ0v) is 11.3. The molecule has 2 aromatic heterocycles. The number of thioether (sulfide) groups is 1. The van der Waals surface area contributed by atoms with Crippen LogP contribution in [0.2, 0.25) is 0 Å². The maximum absolute atomic E-state index is 11.2. The van der Waals surface area contributed by atoms with Crippen LogP contribution in [0.3, 0.4) is 0 Å². The van der Waals surface area contributed by atoms with Crippen molar-refractivity contribution in [3.05, 3.63) is 32.4 Å². The highest BCUT2D eigenvalue weighted by molar-refractivity contribution is 7.98. The van der Waals surface area contributed by atoms with Gasteiger partial charge in [-0.25, -0.2) is 9.89 Å². The first-order chi connectivity index (χ1) is 8.70. The summed E-state index contributed by atoms with van der Waals surface area (Å²) in [7, 11) is 1.68. The Balaban J connectivity index is 2.00. The summed E-state index contributed by atoms with van der Waals surface area (Å²) in [6.07, 6.45) is 0. The van der Waals surface area contributed by atoms with Crippen LogP contribution in [-0.2, 0) is 12.8 Å². The molecular formula is C11H11N3O2S2. The molecular weight excluding hydrogens is 270 g/mol. The molecule has 0 aliphatic rings. The molecule has 0 unspecified atom stereocenters. The van der Waals surface area contributed by atoms with Gasteiger partial charge < -0.3 is 5.11 Å². The Morgan fingerprint density at radius 3 is 3.17 bits per heavy atom. The van der Waals surface area contributed by atoms with Gasteiger partial charge in [0.25, 0.3) is 0 Å². The molecule has 0 aliphatic heterocycles. The van der Waals surface area contributed by atoms with Crippen molar-refractivity contribution in [1.82, 2.24) is 14.8 Å². The van der Waals surface area contributed by atoms with Crippen molar-refractivity contribution in [3.8, 4) is 11.8 Å². The van der Waals surface area contributed by atoms with Gasteiger partial charge in [0, 0.05) is 28.6 Å². The van der Waals surface area contributed by atoms with Crippen LogP contribution in [0.15, 0.2) is 21.4 Å². The van der Waals surface area contributed by atoms with Crippen molar-refractivity contribution in [2.75, 3.05) is 6.61 Å². The number of aliphatic hydroxyl groups is 1.